The topological polar surface area (TPSA) is 37.3 Å². The lowest BCUT2D eigenvalue weighted by Gasteiger charge is -2.11. The smallest absolute Gasteiger partial charge is 0.306 e. The molecule has 0 amide bonds. The van der Waals surface area contributed by atoms with Crippen molar-refractivity contribution in [1.82, 2.24) is 0 Å². The van der Waals surface area contributed by atoms with E-state index >= 15 is 0 Å². The van der Waals surface area contributed by atoms with Crippen molar-refractivity contribution in [2.45, 2.75) is 71.1 Å². The second-order valence-corrected chi connectivity index (χ2v) is 5.26. The van der Waals surface area contributed by atoms with E-state index in [0.717, 1.165) is 44.3 Å². The molecule has 0 bridgehead atoms. The Morgan fingerprint density at radius 2 is 1.53 bits per heavy atom. The summed E-state index contributed by atoms with van der Waals surface area (Å²) in [6.45, 7) is 2.18. The van der Waals surface area contributed by atoms with Gasteiger partial charge in [0.2, 0.25) is 0 Å². The van der Waals surface area contributed by atoms with Crippen molar-refractivity contribution in [3.63, 3.8) is 0 Å². The zero-order valence-corrected chi connectivity index (χ0v) is 12.1. The lowest BCUT2D eigenvalue weighted by molar-refractivity contribution is -0.142. The van der Waals surface area contributed by atoms with Crippen LogP contribution >= 0.6 is 12.6 Å². The van der Waals surface area contributed by atoms with Gasteiger partial charge in [0.25, 0.3) is 0 Å². The average Bonchev–Trinajstić information content (AvgIpc) is 2.31. The number of carboxylic acids is 1. The van der Waals surface area contributed by atoms with E-state index in [1.165, 1.54) is 25.7 Å². The van der Waals surface area contributed by atoms with Crippen LogP contribution in [0.25, 0.3) is 0 Å². The summed E-state index contributed by atoms with van der Waals surface area (Å²) in [4.78, 5) is 11.1. The van der Waals surface area contributed by atoms with Crippen LogP contribution < -0.4 is 0 Å². The fraction of sp³-hybridized carbons (Fsp3) is 0.929. The Morgan fingerprint density at radius 1 is 1.00 bits per heavy atom. The quantitative estimate of drug-likeness (QED) is 0.399. The summed E-state index contributed by atoms with van der Waals surface area (Å²) in [5.74, 6) is 0.234. The van der Waals surface area contributed by atoms with Gasteiger partial charge in [0.1, 0.15) is 0 Å². The Hall–Kier alpha value is -0.180. The van der Waals surface area contributed by atoms with Crippen molar-refractivity contribution in [1.29, 1.82) is 0 Å². The zero-order chi connectivity index (χ0) is 12.9. The first-order chi connectivity index (χ1) is 8.22. The Labute approximate surface area is 112 Å². The van der Waals surface area contributed by atoms with E-state index in [1.54, 1.807) is 0 Å². The van der Waals surface area contributed by atoms with E-state index in [4.69, 9.17) is 5.11 Å². The van der Waals surface area contributed by atoms with Gasteiger partial charge in [-0.3, -0.25) is 4.79 Å². The standard InChI is InChI=1S/C14H28O2S/c1-2-3-4-7-10-13(14(15)16)11-8-5-6-9-12-17/h13,17H,2-12H2,1H3,(H,15,16). The summed E-state index contributed by atoms with van der Waals surface area (Å²) >= 11 is 4.17. The number of aliphatic carboxylic acids is 1. The molecule has 0 radical (unpaired) electrons. The molecule has 0 rings (SSSR count). The second kappa shape index (κ2) is 12.3. The normalized spacial score (nSPS) is 12.6. The van der Waals surface area contributed by atoms with Crippen LogP contribution in [-0.2, 0) is 4.79 Å². The van der Waals surface area contributed by atoms with E-state index in [2.05, 4.69) is 19.6 Å². The van der Waals surface area contributed by atoms with Crippen molar-refractivity contribution >= 4 is 18.6 Å². The van der Waals surface area contributed by atoms with E-state index in [-0.39, 0.29) is 5.92 Å². The van der Waals surface area contributed by atoms with Gasteiger partial charge in [-0.2, -0.15) is 12.6 Å². The molecule has 0 aliphatic carbocycles. The van der Waals surface area contributed by atoms with Crippen molar-refractivity contribution in [2.75, 3.05) is 5.75 Å². The van der Waals surface area contributed by atoms with Crippen molar-refractivity contribution in [3.8, 4) is 0 Å². The second-order valence-electron chi connectivity index (χ2n) is 4.81. The molecule has 0 spiro atoms. The summed E-state index contributed by atoms with van der Waals surface area (Å²) in [6, 6.07) is 0. The molecule has 1 N–H and O–H groups in total. The zero-order valence-electron chi connectivity index (χ0n) is 11.2. The maximum absolute atomic E-state index is 11.1. The molecule has 0 aromatic heterocycles. The number of unbranched alkanes of at least 4 members (excludes halogenated alkanes) is 6. The van der Waals surface area contributed by atoms with Crippen LogP contribution in [0.2, 0.25) is 0 Å². The van der Waals surface area contributed by atoms with Gasteiger partial charge in [-0.05, 0) is 25.0 Å². The van der Waals surface area contributed by atoms with Gasteiger partial charge >= 0.3 is 5.97 Å². The molecule has 1 atom stereocenters. The van der Waals surface area contributed by atoms with Crippen LogP contribution in [0.5, 0.6) is 0 Å². The molecular formula is C14H28O2S. The van der Waals surface area contributed by atoms with Gasteiger partial charge in [-0.15, -0.1) is 0 Å². The maximum Gasteiger partial charge on any atom is 0.306 e. The molecule has 0 aliphatic heterocycles. The van der Waals surface area contributed by atoms with Gasteiger partial charge in [0.15, 0.2) is 0 Å². The summed E-state index contributed by atoms with van der Waals surface area (Å²) < 4.78 is 0. The SMILES string of the molecule is CCCCCCC(CCCCCCS)C(=O)O. The van der Waals surface area contributed by atoms with Crippen molar-refractivity contribution in [2.24, 2.45) is 5.92 Å². The Kier molecular flexibility index (Phi) is 12.2. The van der Waals surface area contributed by atoms with E-state index in [9.17, 15) is 4.79 Å². The number of thiol groups is 1. The fourth-order valence-corrected chi connectivity index (χ4v) is 2.29. The highest BCUT2D eigenvalue weighted by Gasteiger charge is 2.15. The van der Waals surface area contributed by atoms with Crippen molar-refractivity contribution in [3.05, 3.63) is 0 Å². The van der Waals surface area contributed by atoms with Crippen LogP contribution in [0.4, 0.5) is 0 Å². The third kappa shape index (κ3) is 10.7. The highest BCUT2D eigenvalue weighted by atomic mass is 32.1. The maximum atomic E-state index is 11.1. The molecular weight excluding hydrogens is 232 g/mol. The molecule has 0 aromatic rings. The minimum absolute atomic E-state index is 0.108. The van der Waals surface area contributed by atoms with Gasteiger partial charge in [0, 0.05) is 0 Å². The number of carbonyl (C=O) groups is 1. The fourth-order valence-electron chi connectivity index (χ4n) is 2.06. The first-order valence-corrected chi connectivity index (χ1v) is 7.69. The number of rotatable bonds is 12. The minimum atomic E-state index is -0.601. The van der Waals surface area contributed by atoms with Crippen LogP contribution in [0, 0.1) is 5.92 Å². The number of hydrogen-bond acceptors (Lipinski definition) is 2. The van der Waals surface area contributed by atoms with Crippen LogP contribution in [0.15, 0.2) is 0 Å². The summed E-state index contributed by atoms with van der Waals surface area (Å²) in [6.07, 6.45) is 11.0. The first kappa shape index (κ1) is 16.8. The molecule has 2 nitrogen and oxygen atoms in total. The Bertz CT molecular complexity index is 183. The predicted molar refractivity (Wildman–Crippen MR) is 76.8 cm³/mol. The van der Waals surface area contributed by atoms with E-state index < -0.39 is 5.97 Å². The molecule has 102 valence electrons. The van der Waals surface area contributed by atoms with Gasteiger partial charge in [0.05, 0.1) is 5.92 Å². The Morgan fingerprint density at radius 3 is 2.00 bits per heavy atom. The van der Waals surface area contributed by atoms with E-state index in [1.807, 2.05) is 0 Å². The largest absolute Gasteiger partial charge is 0.481 e. The van der Waals surface area contributed by atoms with Crippen molar-refractivity contribution < 1.29 is 9.90 Å². The summed E-state index contributed by atoms with van der Waals surface area (Å²) in [5.41, 5.74) is 0. The van der Waals surface area contributed by atoms with Crippen LogP contribution in [0.1, 0.15) is 71.1 Å². The average molecular weight is 260 g/mol. The molecule has 0 fully saturated rings. The molecule has 17 heavy (non-hydrogen) atoms. The molecule has 0 heterocycles. The minimum Gasteiger partial charge on any atom is -0.481 e. The number of carboxylic acid groups (broad SMARTS) is 1. The van der Waals surface area contributed by atoms with Gasteiger partial charge in [-0.1, -0.05) is 51.9 Å². The third-order valence-corrected chi connectivity index (χ3v) is 3.53. The number of hydrogen-bond donors (Lipinski definition) is 2. The van der Waals surface area contributed by atoms with Gasteiger partial charge < -0.3 is 5.11 Å². The van der Waals surface area contributed by atoms with Gasteiger partial charge in [-0.25, -0.2) is 0 Å². The lowest BCUT2D eigenvalue weighted by Crippen LogP contribution is -2.13. The molecule has 3 heteroatoms. The predicted octanol–water partition coefficient (Wildman–Crippen LogP) is 4.54. The Balaban J connectivity index is 3.57. The molecule has 0 saturated heterocycles. The molecule has 0 aliphatic rings. The first-order valence-electron chi connectivity index (χ1n) is 7.06. The molecule has 0 saturated carbocycles. The van der Waals surface area contributed by atoms with Crippen LogP contribution in [0.3, 0.4) is 0 Å². The monoisotopic (exact) mass is 260 g/mol. The summed E-state index contributed by atoms with van der Waals surface area (Å²) in [5, 5.41) is 9.12. The third-order valence-electron chi connectivity index (χ3n) is 3.22. The summed E-state index contributed by atoms with van der Waals surface area (Å²) in [7, 11) is 0. The lowest BCUT2D eigenvalue weighted by atomic mass is 9.95. The highest BCUT2D eigenvalue weighted by Crippen LogP contribution is 2.18. The molecule has 0 aromatic carbocycles. The molecule has 1 unspecified atom stereocenters. The van der Waals surface area contributed by atoms with Crippen LogP contribution in [-0.4, -0.2) is 16.8 Å². The highest BCUT2D eigenvalue weighted by molar-refractivity contribution is 7.80. The van der Waals surface area contributed by atoms with E-state index in [0.29, 0.717) is 0 Å².